The summed E-state index contributed by atoms with van der Waals surface area (Å²) < 4.78 is 13.7. The average molecular weight is 315 g/mol. The Hall–Kier alpha value is -0.940. The Morgan fingerprint density at radius 2 is 2.22 bits per heavy atom. The minimum atomic E-state index is -0.412. The second kappa shape index (κ2) is 6.29. The Kier molecular flexibility index (Phi) is 4.72. The van der Waals surface area contributed by atoms with Gasteiger partial charge in [0.15, 0.2) is 0 Å². The molecule has 18 heavy (non-hydrogen) atoms. The number of halogens is 2. The number of carbonyl (C=O) groups is 1. The molecule has 0 saturated carbocycles. The summed E-state index contributed by atoms with van der Waals surface area (Å²) in [7, 11) is 0. The number of benzene rings is 1. The molecule has 1 atom stereocenters. The van der Waals surface area contributed by atoms with Crippen LogP contribution in [0.3, 0.4) is 0 Å². The number of carbonyl (C=O) groups excluding carboxylic acids is 1. The molecule has 2 N–H and O–H groups in total. The van der Waals surface area contributed by atoms with Crippen LogP contribution in [0.25, 0.3) is 0 Å². The molecule has 1 amide bonds. The Balaban J connectivity index is 1.99. The fourth-order valence-electron chi connectivity index (χ4n) is 2.07. The summed E-state index contributed by atoms with van der Waals surface area (Å²) in [5.74, 6) is -0.613. The molecule has 1 aliphatic rings. The molecular formula is C13H16BrFN2O. The highest BCUT2D eigenvalue weighted by molar-refractivity contribution is 9.10. The quantitative estimate of drug-likeness (QED) is 0.880. The van der Waals surface area contributed by atoms with Gasteiger partial charge in [0.05, 0.1) is 4.47 Å². The molecule has 3 nitrogen and oxygen atoms in total. The highest BCUT2D eigenvalue weighted by atomic mass is 79.9. The predicted octanol–water partition coefficient (Wildman–Crippen LogP) is 2.46. The molecule has 98 valence electrons. The fraction of sp³-hybridized carbons (Fsp3) is 0.462. The maximum absolute atomic E-state index is 13.3. The lowest BCUT2D eigenvalue weighted by atomic mass is 10.1. The highest BCUT2D eigenvalue weighted by Crippen LogP contribution is 2.16. The van der Waals surface area contributed by atoms with Crippen LogP contribution in [-0.2, 0) is 0 Å². The van der Waals surface area contributed by atoms with Crippen molar-refractivity contribution < 1.29 is 9.18 Å². The van der Waals surface area contributed by atoms with Gasteiger partial charge in [0, 0.05) is 11.6 Å². The molecule has 1 saturated heterocycles. The highest BCUT2D eigenvalue weighted by Gasteiger charge is 2.16. The predicted molar refractivity (Wildman–Crippen MR) is 72.1 cm³/mol. The summed E-state index contributed by atoms with van der Waals surface area (Å²) in [6.45, 7) is 1.92. The topological polar surface area (TPSA) is 41.1 Å². The molecule has 1 aromatic carbocycles. The van der Waals surface area contributed by atoms with E-state index >= 15 is 0 Å². The number of amides is 1. The van der Waals surface area contributed by atoms with Crippen LogP contribution in [0.2, 0.25) is 0 Å². The van der Waals surface area contributed by atoms with Gasteiger partial charge < -0.3 is 10.6 Å². The van der Waals surface area contributed by atoms with Crippen molar-refractivity contribution in [1.82, 2.24) is 10.6 Å². The zero-order valence-electron chi connectivity index (χ0n) is 10.0. The summed E-state index contributed by atoms with van der Waals surface area (Å²) in [5.41, 5.74) is 0.368. The third-order valence-corrected chi connectivity index (χ3v) is 3.74. The average Bonchev–Trinajstić information content (AvgIpc) is 2.61. The van der Waals surface area contributed by atoms with Gasteiger partial charge in [-0.25, -0.2) is 4.39 Å². The Labute approximate surface area is 114 Å². The van der Waals surface area contributed by atoms with Crippen LogP contribution < -0.4 is 10.6 Å². The SMILES string of the molecule is O=C(NC1CCCNCC1)c1ccc(Br)c(F)c1. The molecule has 0 aliphatic carbocycles. The van der Waals surface area contributed by atoms with Crippen molar-refractivity contribution >= 4 is 21.8 Å². The van der Waals surface area contributed by atoms with Crippen LogP contribution in [0.4, 0.5) is 4.39 Å². The zero-order chi connectivity index (χ0) is 13.0. The second-order valence-electron chi connectivity index (χ2n) is 4.48. The summed E-state index contributed by atoms with van der Waals surface area (Å²) in [6, 6.07) is 4.62. The Bertz CT molecular complexity index is 431. The fourth-order valence-corrected chi connectivity index (χ4v) is 2.32. The van der Waals surface area contributed by atoms with Gasteiger partial charge in [-0.1, -0.05) is 0 Å². The van der Waals surface area contributed by atoms with E-state index < -0.39 is 5.82 Å². The normalized spacial score (nSPS) is 20.2. The van der Waals surface area contributed by atoms with Crippen molar-refractivity contribution in [2.24, 2.45) is 0 Å². The third kappa shape index (κ3) is 3.53. The van der Waals surface area contributed by atoms with Crippen LogP contribution in [0.1, 0.15) is 29.6 Å². The number of hydrogen-bond acceptors (Lipinski definition) is 2. The molecule has 1 fully saturated rings. The number of rotatable bonds is 2. The minimum absolute atomic E-state index is 0.180. The van der Waals surface area contributed by atoms with Gasteiger partial charge in [0.2, 0.25) is 0 Å². The first-order chi connectivity index (χ1) is 8.66. The molecule has 1 unspecified atom stereocenters. The summed E-state index contributed by atoms with van der Waals surface area (Å²) in [6.07, 6.45) is 2.95. The first-order valence-corrected chi connectivity index (χ1v) is 6.93. The van der Waals surface area contributed by atoms with E-state index in [0.717, 1.165) is 32.4 Å². The van der Waals surface area contributed by atoms with Crippen molar-refractivity contribution in [2.75, 3.05) is 13.1 Å². The molecule has 1 heterocycles. The lowest BCUT2D eigenvalue weighted by Gasteiger charge is -2.16. The van der Waals surface area contributed by atoms with Gasteiger partial charge in [-0.2, -0.15) is 0 Å². The van der Waals surface area contributed by atoms with E-state index in [-0.39, 0.29) is 11.9 Å². The number of hydrogen-bond donors (Lipinski definition) is 2. The molecule has 0 bridgehead atoms. The number of nitrogens with one attached hydrogen (secondary N) is 2. The van der Waals surface area contributed by atoms with Gasteiger partial charge in [-0.15, -0.1) is 0 Å². The maximum atomic E-state index is 13.3. The molecule has 0 spiro atoms. The molecule has 1 aromatic rings. The molecule has 2 rings (SSSR count). The first kappa shape index (κ1) is 13.5. The van der Waals surface area contributed by atoms with E-state index in [4.69, 9.17) is 0 Å². The second-order valence-corrected chi connectivity index (χ2v) is 5.33. The van der Waals surface area contributed by atoms with Crippen LogP contribution in [0.5, 0.6) is 0 Å². The lowest BCUT2D eigenvalue weighted by molar-refractivity contribution is 0.0933. The van der Waals surface area contributed by atoms with Gasteiger partial charge in [-0.05, 0) is 66.5 Å². The van der Waals surface area contributed by atoms with Gasteiger partial charge >= 0.3 is 0 Å². The van der Waals surface area contributed by atoms with E-state index in [1.54, 1.807) is 12.1 Å². The minimum Gasteiger partial charge on any atom is -0.349 e. The van der Waals surface area contributed by atoms with E-state index in [0.29, 0.717) is 10.0 Å². The van der Waals surface area contributed by atoms with Gasteiger partial charge in [0.25, 0.3) is 5.91 Å². The summed E-state index contributed by atoms with van der Waals surface area (Å²) in [4.78, 5) is 12.0. The monoisotopic (exact) mass is 314 g/mol. The van der Waals surface area contributed by atoms with Crippen LogP contribution in [-0.4, -0.2) is 25.0 Å². The third-order valence-electron chi connectivity index (χ3n) is 3.09. The van der Waals surface area contributed by atoms with Crippen LogP contribution >= 0.6 is 15.9 Å². The van der Waals surface area contributed by atoms with E-state index in [2.05, 4.69) is 26.6 Å². The van der Waals surface area contributed by atoms with Crippen molar-refractivity contribution in [1.29, 1.82) is 0 Å². The van der Waals surface area contributed by atoms with Gasteiger partial charge in [0.1, 0.15) is 5.82 Å². The van der Waals surface area contributed by atoms with E-state index in [9.17, 15) is 9.18 Å². The molecule has 1 aliphatic heterocycles. The van der Waals surface area contributed by atoms with Gasteiger partial charge in [-0.3, -0.25) is 4.79 Å². The standard InChI is InChI=1S/C13H16BrFN2O/c14-11-4-3-9(8-12(11)15)13(18)17-10-2-1-6-16-7-5-10/h3-4,8,10,16H,1-2,5-7H2,(H,17,18). The van der Waals surface area contributed by atoms with Crippen LogP contribution in [0.15, 0.2) is 22.7 Å². The maximum Gasteiger partial charge on any atom is 0.251 e. The summed E-state index contributed by atoms with van der Waals surface area (Å²) >= 11 is 3.07. The first-order valence-electron chi connectivity index (χ1n) is 6.13. The summed E-state index contributed by atoms with van der Waals surface area (Å²) in [5, 5.41) is 6.25. The zero-order valence-corrected chi connectivity index (χ0v) is 11.6. The molecule has 0 radical (unpaired) electrons. The lowest BCUT2D eigenvalue weighted by Crippen LogP contribution is -2.35. The molecular weight excluding hydrogens is 299 g/mol. The van der Waals surface area contributed by atoms with Crippen LogP contribution in [0, 0.1) is 5.82 Å². The van der Waals surface area contributed by atoms with Crippen molar-refractivity contribution in [3.8, 4) is 0 Å². The van der Waals surface area contributed by atoms with Crippen molar-refractivity contribution in [2.45, 2.75) is 25.3 Å². The van der Waals surface area contributed by atoms with Crippen molar-refractivity contribution in [3.63, 3.8) is 0 Å². The molecule has 5 heteroatoms. The Morgan fingerprint density at radius 1 is 1.39 bits per heavy atom. The largest absolute Gasteiger partial charge is 0.349 e. The van der Waals surface area contributed by atoms with E-state index in [1.807, 2.05) is 0 Å². The van der Waals surface area contributed by atoms with E-state index in [1.165, 1.54) is 6.07 Å². The Morgan fingerprint density at radius 3 is 3.00 bits per heavy atom. The smallest absolute Gasteiger partial charge is 0.251 e. The van der Waals surface area contributed by atoms with Crippen molar-refractivity contribution in [3.05, 3.63) is 34.1 Å². The molecule has 0 aromatic heterocycles.